The molecule has 0 spiro atoms. The Morgan fingerprint density at radius 2 is 2.10 bits per heavy atom. The normalized spacial score (nSPS) is 23.0. The van der Waals surface area contributed by atoms with Gasteiger partial charge in [0.2, 0.25) is 0 Å². The van der Waals surface area contributed by atoms with Gasteiger partial charge < -0.3 is 15.1 Å². The summed E-state index contributed by atoms with van der Waals surface area (Å²) in [7, 11) is 0. The van der Waals surface area contributed by atoms with Gasteiger partial charge in [-0.1, -0.05) is 22.0 Å². The summed E-state index contributed by atoms with van der Waals surface area (Å²) in [5.41, 5.74) is 1.87. The maximum Gasteiger partial charge on any atom is 0.316 e. The van der Waals surface area contributed by atoms with Crippen LogP contribution in [0.5, 0.6) is 0 Å². The maximum atomic E-state index is 12.3. The number of amides is 2. The predicted molar refractivity (Wildman–Crippen MR) is 79.6 cm³/mol. The van der Waals surface area contributed by atoms with Crippen LogP contribution in [0, 0.1) is 6.92 Å². The molecule has 1 unspecified atom stereocenters. The van der Waals surface area contributed by atoms with E-state index in [9.17, 15) is 9.59 Å². The first-order valence-corrected chi connectivity index (χ1v) is 7.46. The smallest absolute Gasteiger partial charge is 0.316 e. The largest absolute Gasteiger partial charge is 0.327 e. The number of rotatable bonds is 1. The SMILES string of the molecule is Cc1ccc(N2CC3CNCCN3C(=O)C2=O)cc1Br. The minimum absolute atomic E-state index is 0.0639. The number of nitrogens with zero attached hydrogens (tertiary/aromatic N) is 2. The van der Waals surface area contributed by atoms with Crippen molar-refractivity contribution in [3.8, 4) is 0 Å². The van der Waals surface area contributed by atoms with Crippen LogP contribution < -0.4 is 10.2 Å². The number of anilines is 1. The Bertz CT molecular complexity index is 576. The van der Waals surface area contributed by atoms with E-state index in [1.807, 2.05) is 25.1 Å². The highest BCUT2D eigenvalue weighted by Crippen LogP contribution is 2.26. The third-order valence-electron chi connectivity index (χ3n) is 3.90. The van der Waals surface area contributed by atoms with Gasteiger partial charge in [-0.05, 0) is 24.6 Å². The summed E-state index contributed by atoms with van der Waals surface area (Å²) in [6.07, 6.45) is 0. The van der Waals surface area contributed by atoms with Crippen LogP contribution in [-0.4, -0.2) is 48.9 Å². The summed E-state index contributed by atoms with van der Waals surface area (Å²) in [6.45, 7) is 4.64. The van der Waals surface area contributed by atoms with E-state index >= 15 is 0 Å². The molecule has 1 aromatic rings. The van der Waals surface area contributed by atoms with Crippen molar-refractivity contribution in [3.63, 3.8) is 0 Å². The second-order valence-electron chi connectivity index (χ2n) is 5.21. The number of nitrogens with one attached hydrogen (secondary N) is 1. The standard InChI is InChI=1S/C14H16BrN3O2/c1-9-2-3-10(6-12(9)15)18-8-11-7-16-4-5-17(11)13(19)14(18)20/h2-3,6,11,16H,4-5,7-8H2,1H3. The van der Waals surface area contributed by atoms with Crippen molar-refractivity contribution >= 4 is 33.4 Å². The Kier molecular flexibility index (Phi) is 3.52. The number of fused-ring (bicyclic) bond motifs is 1. The summed E-state index contributed by atoms with van der Waals surface area (Å²) in [5.74, 6) is -0.821. The molecular weight excluding hydrogens is 322 g/mol. The van der Waals surface area contributed by atoms with Gasteiger partial charge in [0, 0.05) is 36.3 Å². The Balaban J connectivity index is 1.91. The zero-order chi connectivity index (χ0) is 14.3. The summed E-state index contributed by atoms with van der Waals surface area (Å²) in [6, 6.07) is 5.79. The van der Waals surface area contributed by atoms with Crippen molar-refractivity contribution in [2.75, 3.05) is 31.1 Å². The average Bonchev–Trinajstić information content (AvgIpc) is 2.46. The van der Waals surface area contributed by atoms with Gasteiger partial charge in [-0.15, -0.1) is 0 Å². The highest BCUT2D eigenvalue weighted by Gasteiger charge is 2.40. The molecule has 2 fully saturated rings. The fraction of sp³-hybridized carbons (Fsp3) is 0.429. The fourth-order valence-corrected chi connectivity index (χ4v) is 3.06. The Morgan fingerprint density at radius 3 is 2.85 bits per heavy atom. The van der Waals surface area contributed by atoms with Crippen molar-refractivity contribution in [2.24, 2.45) is 0 Å². The molecule has 2 amide bonds. The summed E-state index contributed by atoms with van der Waals surface area (Å²) < 4.78 is 0.944. The van der Waals surface area contributed by atoms with Crippen LogP contribution in [0.4, 0.5) is 5.69 Å². The minimum atomic E-state index is -0.432. The van der Waals surface area contributed by atoms with E-state index in [1.165, 1.54) is 0 Å². The molecule has 1 atom stereocenters. The lowest BCUT2D eigenvalue weighted by Crippen LogP contribution is -2.65. The molecule has 0 saturated carbocycles. The second kappa shape index (κ2) is 5.18. The van der Waals surface area contributed by atoms with Crippen molar-refractivity contribution in [2.45, 2.75) is 13.0 Å². The first-order valence-electron chi connectivity index (χ1n) is 6.67. The number of piperazine rings is 2. The molecule has 3 rings (SSSR count). The van der Waals surface area contributed by atoms with Gasteiger partial charge in [-0.3, -0.25) is 9.59 Å². The van der Waals surface area contributed by atoms with Gasteiger partial charge in [0.1, 0.15) is 0 Å². The molecule has 1 N–H and O–H groups in total. The number of hydrogen-bond acceptors (Lipinski definition) is 3. The lowest BCUT2D eigenvalue weighted by atomic mass is 10.1. The van der Waals surface area contributed by atoms with E-state index in [2.05, 4.69) is 21.2 Å². The van der Waals surface area contributed by atoms with Crippen LogP contribution in [0.3, 0.4) is 0 Å². The molecule has 1 aromatic carbocycles. The Labute approximate surface area is 126 Å². The topological polar surface area (TPSA) is 52.6 Å². The van der Waals surface area contributed by atoms with E-state index in [0.717, 1.165) is 28.8 Å². The van der Waals surface area contributed by atoms with E-state index < -0.39 is 5.91 Å². The highest BCUT2D eigenvalue weighted by molar-refractivity contribution is 9.10. The fourth-order valence-electron chi connectivity index (χ4n) is 2.70. The number of halogens is 1. The molecule has 0 aromatic heterocycles. The number of carbonyl (C=O) groups excluding carboxylic acids is 2. The maximum absolute atomic E-state index is 12.3. The number of hydrogen-bond donors (Lipinski definition) is 1. The van der Waals surface area contributed by atoms with Crippen molar-refractivity contribution in [1.29, 1.82) is 0 Å². The molecule has 2 heterocycles. The molecule has 0 radical (unpaired) electrons. The van der Waals surface area contributed by atoms with Gasteiger partial charge in [-0.2, -0.15) is 0 Å². The van der Waals surface area contributed by atoms with Crippen LogP contribution in [0.2, 0.25) is 0 Å². The lowest BCUT2D eigenvalue weighted by molar-refractivity contribution is -0.149. The molecule has 2 aliphatic heterocycles. The summed E-state index contributed by atoms with van der Waals surface area (Å²) >= 11 is 3.47. The zero-order valence-electron chi connectivity index (χ0n) is 11.2. The Morgan fingerprint density at radius 1 is 1.30 bits per heavy atom. The van der Waals surface area contributed by atoms with E-state index in [-0.39, 0.29) is 11.9 Å². The molecule has 106 valence electrons. The van der Waals surface area contributed by atoms with E-state index in [4.69, 9.17) is 0 Å². The van der Waals surface area contributed by atoms with E-state index in [1.54, 1.807) is 9.80 Å². The monoisotopic (exact) mass is 337 g/mol. The van der Waals surface area contributed by atoms with Gasteiger partial charge >= 0.3 is 11.8 Å². The van der Waals surface area contributed by atoms with Crippen molar-refractivity contribution in [3.05, 3.63) is 28.2 Å². The van der Waals surface area contributed by atoms with Crippen LogP contribution in [0.25, 0.3) is 0 Å². The number of benzene rings is 1. The molecule has 0 aliphatic carbocycles. The molecule has 5 nitrogen and oxygen atoms in total. The van der Waals surface area contributed by atoms with Gasteiger partial charge in [0.05, 0.1) is 6.04 Å². The molecule has 2 aliphatic rings. The number of aryl methyl sites for hydroxylation is 1. The second-order valence-corrected chi connectivity index (χ2v) is 6.06. The van der Waals surface area contributed by atoms with Crippen LogP contribution in [0.1, 0.15) is 5.56 Å². The van der Waals surface area contributed by atoms with Crippen LogP contribution in [0.15, 0.2) is 22.7 Å². The molecular formula is C14H16BrN3O2. The Hall–Kier alpha value is -1.40. The van der Waals surface area contributed by atoms with Gasteiger partial charge in [-0.25, -0.2) is 0 Å². The van der Waals surface area contributed by atoms with Crippen molar-refractivity contribution in [1.82, 2.24) is 10.2 Å². The third kappa shape index (κ3) is 2.23. The molecule has 2 saturated heterocycles. The molecule has 6 heteroatoms. The first kappa shape index (κ1) is 13.6. The summed E-state index contributed by atoms with van der Waals surface area (Å²) in [5, 5.41) is 3.27. The van der Waals surface area contributed by atoms with Crippen molar-refractivity contribution < 1.29 is 9.59 Å². The summed E-state index contributed by atoms with van der Waals surface area (Å²) in [4.78, 5) is 27.7. The minimum Gasteiger partial charge on any atom is -0.327 e. The molecule has 20 heavy (non-hydrogen) atoms. The predicted octanol–water partition coefficient (Wildman–Crippen LogP) is 0.905. The van der Waals surface area contributed by atoms with Gasteiger partial charge in [0.15, 0.2) is 0 Å². The highest BCUT2D eigenvalue weighted by atomic mass is 79.9. The third-order valence-corrected chi connectivity index (χ3v) is 4.75. The van der Waals surface area contributed by atoms with Crippen LogP contribution in [-0.2, 0) is 9.59 Å². The quantitative estimate of drug-likeness (QED) is 0.775. The zero-order valence-corrected chi connectivity index (χ0v) is 12.8. The lowest BCUT2D eigenvalue weighted by Gasteiger charge is -2.43. The van der Waals surface area contributed by atoms with E-state index in [0.29, 0.717) is 13.1 Å². The first-order chi connectivity index (χ1) is 9.58. The number of carbonyl (C=O) groups is 2. The van der Waals surface area contributed by atoms with Crippen LogP contribution >= 0.6 is 15.9 Å². The van der Waals surface area contributed by atoms with Gasteiger partial charge in [0.25, 0.3) is 0 Å². The average molecular weight is 338 g/mol. The molecule has 0 bridgehead atoms.